The Balaban J connectivity index is 0.00000385. The SMILES string of the molecule is Br.Cc1cc(-c2ccc(C(=O)O)cc2)cc(C)c1OCCN[C@@H](C)[C@H](O)c1ccc(O)cc1. The Morgan fingerprint density at radius 3 is 2.09 bits per heavy atom. The summed E-state index contributed by atoms with van der Waals surface area (Å²) in [6.45, 7) is 6.89. The van der Waals surface area contributed by atoms with Crippen molar-refractivity contribution in [1.82, 2.24) is 5.32 Å². The summed E-state index contributed by atoms with van der Waals surface area (Å²) in [6.07, 6.45) is -0.689. The lowest BCUT2D eigenvalue weighted by Gasteiger charge is -2.21. The minimum absolute atomic E-state index is 0. The van der Waals surface area contributed by atoms with Gasteiger partial charge in [-0.1, -0.05) is 24.3 Å². The van der Waals surface area contributed by atoms with E-state index in [1.54, 1.807) is 36.4 Å². The van der Waals surface area contributed by atoms with Crippen LogP contribution in [0.5, 0.6) is 11.5 Å². The van der Waals surface area contributed by atoms with Gasteiger partial charge in [0.25, 0.3) is 0 Å². The van der Waals surface area contributed by atoms with Crippen LogP contribution in [-0.2, 0) is 0 Å². The summed E-state index contributed by atoms with van der Waals surface area (Å²) < 4.78 is 6.01. The number of phenols is 1. The van der Waals surface area contributed by atoms with Gasteiger partial charge in [-0.3, -0.25) is 0 Å². The van der Waals surface area contributed by atoms with Crippen molar-refractivity contribution in [3.63, 3.8) is 0 Å². The van der Waals surface area contributed by atoms with Gasteiger partial charge < -0.3 is 25.4 Å². The molecule has 4 N–H and O–H groups in total. The lowest BCUT2D eigenvalue weighted by atomic mass is 9.99. The molecule has 3 aromatic carbocycles. The summed E-state index contributed by atoms with van der Waals surface area (Å²) in [4.78, 5) is 11.0. The third-order valence-electron chi connectivity index (χ3n) is 5.45. The molecule has 0 spiro atoms. The van der Waals surface area contributed by atoms with Crippen LogP contribution in [0.1, 0.15) is 40.1 Å². The summed E-state index contributed by atoms with van der Waals surface area (Å²) in [5, 5.41) is 32.2. The summed E-state index contributed by atoms with van der Waals surface area (Å²) in [5.74, 6) is 0.0552. The van der Waals surface area contributed by atoms with Gasteiger partial charge in [0.15, 0.2) is 0 Å². The van der Waals surface area contributed by atoms with E-state index in [2.05, 4.69) is 5.32 Å². The minimum Gasteiger partial charge on any atom is -0.508 e. The molecule has 0 saturated carbocycles. The Hall–Kier alpha value is -2.87. The van der Waals surface area contributed by atoms with Gasteiger partial charge in [0.1, 0.15) is 18.1 Å². The van der Waals surface area contributed by atoms with Gasteiger partial charge in [0, 0.05) is 12.6 Å². The number of hydrogen-bond acceptors (Lipinski definition) is 5. The van der Waals surface area contributed by atoms with Crippen LogP contribution >= 0.6 is 17.0 Å². The Kier molecular flexibility index (Phi) is 9.46. The molecule has 0 bridgehead atoms. The highest BCUT2D eigenvalue weighted by atomic mass is 79.9. The number of carbonyl (C=O) groups is 1. The fourth-order valence-electron chi connectivity index (χ4n) is 3.66. The number of ether oxygens (including phenoxy) is 1. The largest absolute Gasteiger partial charge is 0.508 e. The summed E-state index contributed by atoms with van der Waals surface area (Å²) in [5.41, 5.74) is 4.96. The second-order valence-corrected chi connectivity index (χ2v) is 7.95. The number of rotatable bonds is 9. The number of aromatic hydroxyl groups is 1. The first-order valence-electron chi connectivity index (χ1n) is 10.5. The van der Waals surface area contributed by atoms with E-state index in [4.69, 9.17) is 9.84 Å². The molecular formula is C26H30BrNO5. The van der Waals surface area contributed by atoms with Crippen LogP contribution in [0.3, 0.4) is 0 Å². The molecule has 33 heavy (non-hydrogen) atoms. The lowest BCUT2D eigenvalue weighted by molar-refractivity contribution is 0.0697. The van der Waals surface area contributed by atoms with Crippen LogP contribution in [-0.4, -0.2) is 40.5 Å². The van der Waals surface area contributed by atoms with Crippen LogP contribution in [0.25, 0.3) is 11.1 Å². The molecule has 0 aliphatic heterocycles. The predicted octanol–water partition coefficient (Wildman–Crippen LogP) is 5.04. The number of carboxylic acids is 1. The smallest absolute Gasteiger partial charge is 0.335 e. The van der Waals surface area contributed by atoms with E-state index in [-0.39, 0.29) is 34.3 Å². The van der Waals surface area contributed by atoms with Gasteiger partial charge >= 0.3 is 5.97 Å². The van der Waals surface area contributed by atoms with E-state index >= 15 is 0 Å². The third-order valence-corrected chi connectivity index (χ3v) is 5.45. The first-order chi connectivity index (χ1) is 15.3. The van der Waals surface area contributed by atoms with E-state index in [1.807, 2.05) is 45.0 Å². The van der Waals surface area contributed by atoms with E-state index in [0.717, 1.165) is 33.6 Å². The number of halogens is 1. The molecule has 7 heteroatoms. The number of benzene rings is 3. The normalized spacial score (nSPS) is 12.5. The van der Waals surface area contributed by atoms with E-state index in [0.29, 0.717) is 13.2 Å². The van der Waals surface area contributed by atoms with Crippen molar-refractivity contribution in [2.45, 2.75) is 32.9 Å². The van der Waals surface area contributed by atoms with Gasteiger partial charge in [-0.2, -0.15) is 0 Å². The zero-order valence-corrected chi connectivity index (χ0v) is 20.6. The number of aliphatic hydroxyl groups excluding tert-OH is 1. The lowest BCUT2D eigenvalue weighted by Crippen LogP contribution is -2.35. The number of aromatic carboxylic acids is 1. The van der Waals surface area contributed by atoms with Crippen molar-refractivity contribution in [3.8, 4) is 22.6 Å². The van der Waals surface area contributed by atoms with Gasteiger partial charge in [0.2, 0.25) is 0 Å². The number of aliphatic hydroxyl groups is 1. The van der Waals surface area contributed by atoms with Crippen molar-refractivity contribution in [1.29, 1.82) is 0 Å². The van der Waals surface area contributed by atoms with Crippen LogP contribution in [0.15, 0.2) is 60.7 Å². The average molecular weight is 516 g/mol. The standard InChI is InChI=1S/C26H29NO5.BrH/c1-16-14-22(19-4-6-21(7-5-19)26(30)31)15-17(2)25(16)32-13-12-27-18(3)24(29)20-8-10-23(28)11-9-20;/h4-11,14-15,18,24,27-29H,12-13H2,1-3H3,(H,30,31);1H/t18-,24-;/m0./s1. The highest BCUT2D eigenvalue weighted by Crippen LogP contribution is 2.30. The second-order valence-electron chi connectivity index (χ2n) is 7.95. The van der Waals surface area contributed by atoms with Crippen LogP contribution in [0.4, 0.5) is 0 Å². The topological polar surface area (TPSA) is 99.0 Å². The Bertz CT molecular complexity index is 1040. The summed E-state index contributed by atoms with van der Waals surface area (Å²) in [7, 11) is 0. The van der Waals surface area contributed by atoms with Crippen LogP contribution in [0.2, 0.25) is 0 Å². The van der Waals surface area contributed by atoms with Crippen molar-refractivity contribution in [3.05, 3.63) is 82.9 Å². The molecule has 0 aliphatic carbocycles. The predicted molar refractivity (Wildman–Crippen MR) is 135 cm³/mol. The van der Waals surface area contributed by atoms with Gasteiger partial charge in [-0.15, -0.1) is 17.0 Å². The molecule has 0 amide bonds. The van der Waals surface area contributed by atoms with Crippen molar-refractivity contribution >= 4 is 23.0 Å². The van der Waals surface area contributed by atoms with Gasteiger partial charge in [-0.25, -0.2) is 4.79 Å². The number of nitrogens with one attached hydrogen (secondary N) is 1. The number of phenolic OH excluding ortho intramolecular Hbond substituents is 1. The molecule has 6 nitrogen and oxygen atoms in total. The quantitative estimate of drug-likeness (QED) is 0.298. The third kappa shape index (κ3) is 6.81. The Morgan fingerprint density at radius 2 is 1.55 bits per heavy atom. The second kappa shape index (κ2) is 11.8. The molecule has 0 heterocycles. The molecule has 176 valence electrons. The zero-order valence-electron chi connectivity index (χ0n) is 18.9. The molecule has 0 fully saturated rings. The van der Waals surface area contributed by atoms with Crippen molar-refractivity contribution < 1.29 is 24.9 Å². The van der Waals surface area contributed by atoms with Crippen molar-refractivity contribution in [2.24, 2.45) is 0 Å². The minimum atomic E-state index is -0.939. The fraction of sp³-hybridized carbons (Fsp3) is 0.269. The maximum absolute atomic E-state index is 11.0. The number of hydrogen-bond donors (Lipinski definition) is 4. The number of carboxylic acid groups (broad SMARTS) is 1. The zero-order chi connectivity index (χ0) is 23.3. The van der Waals surface area contributed by atoms with Gasteiger partial charge in [-0.05, 0) is 85.0 Å². The molecule has 0 saturated heterocycles. The average Bonchev–Trinajstić information content (AvgIpc) is 2.77. The fourth-order valence-corrected chi connectivity index (χ4v) is 3.66. The summed E-state index contributed by atoms with van der Waals surface area (Å²) in [6, 6.07) is 17.2. The number of aryl methyl sites for hydroxylation is 2. The molecular weight excluding hydrogens is 486 g/mol. The monoisotopic (exact) mass is 515 g/mol. The molecule has 3 aromatic rings. The van der Waals surface area contributed by atoms with Crippen LogP contribution < -0.4 is 10.1 Å². The maximum Gasteiger partial charge on any atom is 0.335 e. The molecule has 2 atom stereocenters. The van der Waals surface area contributed by atoms with Crippen LogP contribution in [0, 0.1) is 13.8 Å². The van der Waals surface area contributed by atoms with E-state index in [1.165, 1.54) is 0 Å². The highest BCUT2D eigenvalue weighted by Gasteiger charge is 2.16. The molecule has 3 rings (SSSR count). The van der Waals surface area contributed by atoms with E-state index in [9.17, 15) is 15.0 Å². The molecule has 0 unspecified atom stereocenters. The first-order valence-corrected chi connectivity index (χ1v) is 10.5. The van der Waals surface area contributed by atoms with E-state index < -0.39 is 12.1 Å². The highest BCUT2D eigenvalue weighted by molar-refractivity contribution is 8.93. The Labute approximate surface area is 204 Å². The van der Waals surface area contributed by atoms with Gasteiger partial charge in [0.05, 0.1) is 11.7 Å². The molecule has 0 aliphatic rings. The maximum atomic E-state index is 11.0. The molecule has 0 aromatic heterocycles. The van der Waals surface area contributed by atoms with Crippen molar-refractivity contribution in [2.75, 3.05) is 13.2 Å². The Morgan fingerprint density at radius 1 is 0.970 bits per heavy atom. The molecule has 0 radical (unpaired) electrons. The first kappa shape index (κ1) is 26.4. The summed E-state index contributed by atoms with van der Waals surface area (Å²) >= 11 is 0.